The predicted octanol–water partition coefficient (Wildman–Crippen LogP) is 2.97. The summed E-state index contributed by atoms with van der Waals surface area (Å²) in [6.07, 6.45) is -4.01. The molecule has 1 aliphatic rings. The summed E-state index contributed by atoms with van der Waals surface area (Å²) in [7, 11) is 0. The Labute approximate surface area is 197 Å². The number of hydrogen-bond donors (Lipinski definition) is 3. The molecule has 0 unspecified atom stereocenters. The highest BCUT2D eigenvalue weighted by Crippen LogP contribution is 2.31. The number of amides is 2. The number of nitrogens with one attached hydrogen (secondary N) is 2. The Balaban J connectivity index is 1.50. The van der Waals surface area contributed by atoms with Crippen LogP contribution in [0.4, 0.5) is 24.5 Å². The van der Waals surface area contributed by atoms with Gasteiger partial charge in [0.1, 0.15) is 5.02 Å². The van der Waals surface area contributed by atoms with Gasteiger partial charge in [0.25, 0.3) is 11.6 Å². The number of nitrogen functional groups attached to an aromatic ring is 1. The molecule has 182 valence electrons. The summed E-state index contributed by atoms with van der Waals surface area (Å²) in [4.78, 5) is 36.9. The third kappa shape index (κ3) is 6.35. The first-order valence-electron chi connectivity index (χ1n) is 10.1. The molecule has 1 atom stereocenters. The third-order valence-electron chi connectivity index (χ3n) is 5.29. The monoisotopic (exact) mass is 499 g/mol. The van der Waals surface area contributed by atoms with E-state index in [1.165, 1.54) is 12.1 Å². The number of anilines is 1. The number of nitrogens with two attached hydrogens (primary N) is 1. The van der Waals surface area contributed by atoms with Crippen LogP contribution in [0.5, 0.6) is 0 Å². The maximum absolute atomic E-state index is 12.9. The molecule has 1 heterocycles. The quantitative estimate of drug-likeness (QED) is 0.305. The number of nitro benzene ring substituents is 1. The van der Waals surface area contributed by atoms with Crippen LogP contribution in [0.2, 0.25) is 5.02 Å². The van der Waals surface area contributed by atoms with Crippen LogP contribution in [0.3, 0.4) is 0 Å². The van der Waals surface area contributed by atoms with Gasteiger partial charge < -0.3 is 16.4 Å². The van der Waals surface area contributed by atoms with Gasteiger partial charge in [0.15, 0.2) is 0 Å². The molecule has 0 spiro atoms. The Hall–Kier alpha value is -3.38. The fourth-order valence-electron chi connectivity index (χ4n) is 3.61. The second kappa shape index (κ2) is 10.3. The standard InChI is InChI=1S/C21H21ClF3N5O4/c22-16-3-1-12(7-18(16)30(33)34)10-29-6-5-14(11-29)28-19(31)9-27-20(32)15-8-13(21(23,24)25)2-4-17(15)26/h1-4,7-8,14H,5-6,9-11,26H2,(H,27,32)(H,28,31)/t14-/m1/s1. The summed E-state index contributed by atoms with van der Waals surface area (Å²) in [5.74, 6) is -1.40. The second-order valence-corrected chi connectivity index (χ2v) is 8.22. The fraction of sp³-hybridized carbons (Fsp3) is 0.333. The first-order chi connectivity index (χ1) is 15.9. The van der Waals surface area contributed by atoms with E-state index < -0.39 is 35.0 Å². The van der Waals surface area contributed by atoms with Crippen molar-refractivity contribution >= 4 is 34.8 Å². The third-order valence-corrected chi connectivity index (χ3v) is 5.61. The van der Waals surface area contributed by atoms with E-state index in [1.54, 1.807) is 6.07 Å². The topological polar surface area (TPSA) is 131 Å². The molecule has 0 saturated carbocycles. The number of rotatable bonds is 7. The van der Waals surface area contributed by atoms with Crippen LogP contribution < -0.4 is 16.4 Å². The maximum Gasteiger partial charge on any atom is 0.416 e. The van der Waals surface area contributed by atoms with Crippen LogP contribution in [0.25, 0.3) is 0 Å². The van der Waals surface area contributed by atoms with Crippen molar-refractivity contribution in [2.45, 2.75) is 25.2 Å². The van der Waals surface area contributed by atoms with Gasteiger partial charge in [0, 0.05) is 37.4 Å². The van der Waals surface area contributed by atoms with E-state index in [1.807, 2.05) is 4.90 Å². The molecule has 0 aliphatic carbocycles. The van der Waals surface area contributed by atoms with Gasteiger partial charge in [0.2, 0.25) is 5.91 Å². The Morgan fingerprint density at radius 2 is 1.97 bits per heavy atom. The highest BCUT2D eigenvalue weighted by Gasteiger charge is 2.31. The molecule has 0 radical (unpaired) electrons. The van der Waals surface area contributed by atoms with Crippen LogP contribution >= 0.6 is 11.6 Å². The lowest BCUT2D eigenvalue weighted by Gasteiger charge is -2.17. The SMILES string of the molecule is Nc1ccc(C(F)(F)F)cc1C(=O)NCC(=O)N[C@@H]1CCN(Cc2ccc(Cl)c([N+](=O)[O-])c2)C1. The van der Waals surface area contributed by atoms with E-state index in [2.05, 4.69) is 10.6 Å². The zero-order chi connectivity index (χ0) is 25.0. The smallest absolute Gasteiger partial charge is 0.398 e. The van der Waals surface area contributed by atoms with Crippen LogP contribution in [0, 0.1) is 10.1 Å². The molecule has 13 heteroatoms. The number of nitro groups is 1. The molecular formula is C21H21ClF3N5O4. The van der Waals surface area contributed by atoms with E-state index in [9.17, 15) is 32.9 Å². The van der Waals surface area contributed by atoms with Gasteiger partial charge in [-0.05, 0) is 36.2 Å². The predicted molar refractivity (Wildman–Crippen MR) is 118 cm³/mol. The average Bonchev–Trinajstić information content (AvgIpc) is 3.19. The van der Waals surface area contributed by atoms with Gasteiger partial charge in [-0.25, -0.2) is 0 Å². The first kappa shape index (κ1) is 25.2. The molecule has 2 amide bonds. The maximum atomic E-state index is 12.9. The summed E-state index contributed by atoms with van der Waals surface area (Å²) in [5.41, 5.74) is 4.60. The number of likely N-dealkylation sites (tertiary alicyclic amines) is 1. The Morgan fingerprint density at radius 3 is 2.65 bits per heavy atom. The summed E-state index contributed by atoms with van der Waals surface area (Å²) >= 11 is 5.83. The van der Waals surface area contributed by atoms with E-state index in [0.29, 0.717) is 37.7 Å². The number of halogens is 4. The highest BCUT2D eigenvalue weighted by molar-refractivity contribution is 6.32. The molecule has 34 heavy (non-hydrogen) atoms. The van der Waals surface area contributed by atoms with E-state index in [-0.39, 0.29) is 28.0 Å². The molecule has 9 nitrogen and oxygen atoms in total. The minimum atomic E-state index is -4.63. The van der Waals surface area contributed by atoms with Gasteiger partial charge in [-0.1, -0.05) is 17.7 Å². The van der Waals surface area contributed by atoms with Crippen molar-refractivity contribution in [1.82, 2.24) is 15.5 Å². The molecular weight excluding hydrogens is 479 g/mol. The molecule has 0 aromatic heterocycles. The van der Waals surface area contributed by atoms with E-state index in [0.717, 1.165) is 12.1 Å². The van der Waals surface area contributed by atoms with Crippen LogP contribution in [0.1, 0.15) is 27.9 Å². The lowest BCUT2D eigenvalue weighted by Crippen LogP contribution is -2.43. The summed E-state index contributed by atoms with van der Waals surface area (Å²) in [6.45, 7) is 1.11. The summed E-state index contributed by atoms with van der Waals surface area (Å²) in [6, 6.07) is 6.74. The molecule has 0 bridgehead atoms. The van der Waals surface area contributed by atoms with Gasteiger partial charge in [-0.2, -0.15) is 13.2 Å². The minimum Gasteiger partial charge on any atom is -0.398 e. The molecule has 1 aliphatic heterocycles. The zero-order valence-electron chi connectivity index (χ0n) is 17.7. The Kier molecular flexibility index (Phi) is 7.62. The van der Waals surface area contributed by atoms with Crippen molar-refractivity contribution in [3.8, 4) is 0 Å². The van der Waals surface area contributed by atoms with Crippen LogP contribution in [-0.2, 0) is 17.5 Å². The van der Waals surface area contributed by atoms with Crippen LogP contribution in [-0.4, -0.2) is 47.3 Å². The summed E-state index contributed by atoms with van der Waals surface area (Å²) < 4.78 is 38.6. The summed E-state index contributed by atoms with van der Waals surface area (Å²) in [5, 5.41) is 16.1. The van der Waals surface area contributed by atoms with Crippen molar-refractivity contribution in [3.05, 3.63) is 68.2 Å². The fourth-order valence-corrected chi connectivity index (χ4v) is 3.80. The number of nitrogens with zero attached hydrogens (tertiary/aromatic N) is 2. The molecule has 1 saturated heterocycles. The van der Waals surface area contributed by atoms with Crippen molar-refractivity contribution in [3.63, 3.8) is 0 Å². The van der Waals surface area contributed by atoms with Crippen molar-refractivity contribution in [2.75, 3.05) is 25.4 Å². The number of benzene rings is 2. The zero-order valence-corrected chi connectivity index (χ0v) is 18.4. The normalized spacial score (nSPS) is 16.3. The lowest BCUT2D eigenvalue weighted by molar-refractivity contribution is -0.384. The van der Waals surface area contributed by atoms with Gasteiger partial charge in [0.05, 0.1) is 22.6 Å². The Morgan fingerprint density at radius 1 is 1.24 bits per heavy atom. The second-order valence-electron chi connectivity index (χ2n) is 7.81. The van der Waals surface area contributed by atoms with Crippen LogP contribution in [0.15, 0.2) is 36.4 Å². The highest BCUT2D eigenvalue weighted by atomic mass is 35.5. The average molecular weight is 500 g/mol. The lowest BCUT2D eigenvalue weighted by atomic mass is 10.1. The number of carbonyl (C=O) groups is 2. The minimum absolute atomic E-state index is 0.0502. The molecule has 3 rings (SSSR count). The molecule has 2 aromatic carbocycles. The molecule has 4 N–H and O–H groups in total. The van der Waals surface area contributed by atoms with Gasteiger partial charge >= 0.3 is 6.18 Å². The van der Waals surface area contributed by atoms with Gasteiger partial charge in [-0.3, -0.25) is 24.6 Å². The molecule has 1 fully saturated rings. The van der Waals surface area contributed by atoms with E-state index >= 15 is 0 Å². The van der Waals surface area contributed by atoms with Crippen molar-refractivity contribution in [1.29, 1.82) is 0 Å². The van der Waals surface area contributed by atoms with Crippen molar-refractivity contribution < 1.29 is 27.7 Å². The number of hydrogen-bond acceptors (Lipinski definition) is 6. The molecule has 2 aromatic rings. The largest absolute Gasteiger partial charge is 0.416 e. The Bertz CT molecular complexity index is 1110. The van der Waals surface area contributed by atoms with Gasteiger partial charge in [-0.15, -0.1) is 0 Å². The first-order valence-corrected chi connectivity index (χ1v) is 10.5. The van der Waals surface area contributed by atoms with Crippen molar-refractivity contribution in [2.24, 2.45) is 0 Å². The van der Waals surface area contributed by atoms with E-state index in [4.69, 9.17) is 17.3 Å². The number of alkyl halides is 3. The number of carbonyl (C=O) groups excluding carboxylic acids is 2.